The van der Waals surface area contributed by atoms with Gasteiger partial charge in [0.15, 0.2) is 0 Å². The van der Waals surface area contributed by atoms with Crippen molar-refractivity contribution < 1.29 is 4.74 Å². The van der Waals surface area contributed by atoms with Gasteiger partial charge in [0.25, 0.3) is 0 Å². The molecule has 0 saturated carbocycles. The highest BCUT2D eigenvalue weighted by Crippen LogP contribution is 2.42. The Kier molecular flexibility index (Phi) is 1.71. The van der Waals surface area contributed by atoms with Gasteiger partial charge in [0, 0.05) is 18.7 Å². The van der Waals surface area contributed by atoms with E-state index in [1.54, 1.807) is 0 Å². The highest BCUT2D eigenvalue weighted by atomic mass is 32.2. The second-order valence-corrected chi connectivity index (χ2v) is 5.47. The molecule has 1 unspecified atom stereocenters. The summed E-state index contributed by atoms with van der Waals surface area (Å²) in [5, 5.41) is 3.53. The Morgan fingerprint density at radius 2 is 2.27 bits per heavy atom. The zero-order valence-corrected chi connectivity index (χ0v) is 7.96. The smallest absolute Gasteiger partial charge is 0.0909 e. The molecule has 0 aromatic rings. The highest BCUT2D eigenvalue weighted by molar-refractivity contribution is 8.00. The lowest BCUT2D eigenvalue weighted by Gasteiger charge is -2.21. The molecule has 1 spiro atoms. The molecule has 0 radical (unpaired) electrons. The first kappa shape index (κ1) is 7.90. The molecule has 2 heterocycles. The SMILES string of the molecule is CC1(C)CC2(CO1)NCCS2. The van der Waals surface area contributed by atoms with E-state index in [4.69, 9.17) is 4.74 Å². The lowest BCUT2D eigenvalue weighted by Crippen LogP contribution is -2.38. The topological polar surface area (TPSA) is 21.3 Å². The van der Waals surface area contributed by atoms with Crippen LogP contribution in [0.2, 0.25) is 0 Å². The molecule has 0 amide bonds. The van der Waals surface area contributed by atoms with E-state index in [0.717, 1.165) is 19.6 Å². The second kappa shape index (κ2) is 2.38. The lowest BCUT2D eigenvalue weighted by molar-refractivity contribution is 0.0353. The van der Waals surface area contributed by atoms with Gasteiger partial charge in [-0.3, -0.25) is 5.32 Å². The van der Waals surface area contributed by atoms with Crippen LogP contribution in [0.4, 0.5) is 0 Å². The summed E-state index contributed by atoms with van der Waals surface area (Å²) in [4.78, 5) is 0.267. The summed E-state index contributed by atoms with van der Waals surface area (Å²) in [5.74, 6) is 1.24. The Morgan fingerprint density at radius 3 is 2.73 bits per heavy atom. The van der Waals surface area contributed by atoms with Gasteiger partial charge in [0.2, 0.25) is 0 Å². The van der Waals surface area contributed by atoms with E-state index in [2.05, 4.69) is 19.2 Å². The zero-order chi connectivity index (χ0) is 7.95. The monoisotopic (exact) mass is 173 g/mol. The van der Waals surface area contributed by atoms with Crippen molar-refractivity contribution in [3.63, 3.8) is 0 Å². The van der Waals surface area contributed by atoms with Crippen LogP contribution < -0.4 is 5.32 Å². The summed E-state index contributed by atoms with van der Waals surface area (Å²) in [6.07, 6.45) is 1.14. The van der Waals surface area contributed by atoms with Crippen LogP contribution in [-0.4, -0.2) is 29.4 Å². The lowest BCUT2D eigenvalue weighted by atomic mass is 10.0. The van der Waals surface area contributed by atoms with Gasteiger partial charge in [-0.15, -0.1) is 11.8 Å². The minimum Gasteiger partial charge on any atom is -0.373 e. The van der Waals surface area contributed by atoms with Crippen molar-refractivity contribution in [1.82, 2.24) is 5.32 Å². The maximum absolute atomic E-state index is 5.69. The third-order valence-electron chi connectivity index (χ3n) is 2.33. The Bertz CT molecular complexity index is 163. The molecule has 0 aromatic carbocycles. The first-order chi connectivity index (χ1) is 5.12. The molecule has 2 saturated heterocycles. The Morgan fingerprint density at radius 1 is 1.45 bits per heavy atom. The van der Waals surface area contributed by atoms with E-state index in [9.17, 15) is 0 Å². The molecular formula is C8H15NOS. The van der Waals surface area contributed by atoms with Crippen LogP contribution in [0.25, 0.3) is 0 Å². The Labute approximate surface area is 72.1 Å². The third kappa shape index (κ3) is 1.42. The van der Waals surface area contributed by atoms with Crippen LogP contribution in [0, 0.1) is 0 Å². The van der Waals surface area contributed by atoms with Crippen LogP contribution in [0.3, 0.4) is 0 Å². The van der Waals surface area contributed by atoms with Crippen molar-refractivity contribution >= 4 is 11.8 Å². The van der Waals surface area contributed by atoms with E-state index in [1.807, 2.05) is 11.8 Å². The van der Waals surface area contributed by atoms with Gasteiger partial charge >= 0.3 is 0 Å². The quantitative estimate of drug-likeness (QED) is 0.595. The van der Waals surface area contributed by atoms with Crippen molar-refractivity contribution in [2.24, 2.45) is 0 Å². The fourth-order valence-corrected chi connectivity index (χ4v) is 3.28. The minimum absolute atomic E-state index is 0.0876. The standard InChI is InChI=1S/C8H15NOS/c1-7(2)5-8(6-10-7)9-3-4-11-8/h9H,3-6H2,1-2H3. The fraction of sp³-hybridized carbons (Fsp3) is 1.00. The van der Waals surface area contributed by atoms with E-state index in [0.29, 0.717) is 0 Å². The molecule has 0 bridgehead atoms. The number of hydrogen-bond acceptors (Lipinski definition) is 3. The first-order valence-electron chi connectivity index (χ1n) is 4.15. The maximum Gasteiger partial charge on any atom is 0.0909 e. The molecule has 2 fully saturated rings. The predicted octanol–water partition coefficient (Wildman–Crippen LogP) is 1.22. The second-order valence-electron chi connectivity index (χ2n) is 3.99. The van der Waals surface area contributed by atoms with Gasteiger partial charge in [-0.1, -0.05) is 0 Å². The van der Waals surface area contributed by atoms with Gasteiger partial charge in [-0.05, 0) is 13.8 Å². The molecular weight excluding hydrogens is 158 g/mol. The summed E-state index contributed by atoms with van der Waals surface area (Å²) in [5.41, 5.74) is 0.0876. The van der Waals surface area contributed by atoms with Gasteiger partial charge in [0.05, 0.1) is 17.1 Å². The molecule has 64 valence electrons. The molecule has 1 atom stereocenters. The van der Waals surface area contributed by atoms with E-state index >= 15 is 0 Å². The van der Waals surface area contributed by atoms with Crippen molar-refractivity contribution in [3.05, 3.63) is 0 Å². The average molecular weight is 173 g/mol. The number of nitrogens with one attached hydrogen (secondary N) is 1. The zero-order valence-electron chi connectivity index (χ0n) is 7.14. The van der Waals surface area contributed by atoms with Crippen molar-refractivity contribution in [2.45, 2.75) is 30.7 Å². The summed E-state index contributed by atoms with van der Waals surface area (Å²) in [7, 11) is 0. The van der Waals surface area contributed by atoms with Gasteiger partial charge in [0.1, 0.15) is 0 Å². The molecule has 3 heteroatoms. The van der Waals surface area contributed by atoms with Crippen LogP contribution in [0.1, 0.15) is 20.3 Å². The number of thioether (sulfide) groups is 1. The maximum atomic E-state index is 5.69. The van der Waals surface area contributed by atoms with Crippen molar-refractivity contribution in [3.8, 4) is 0 Å². The van der Waals surface area contributed by atoms with Crippen molar-refractivity contribution in [1.29, 1.82) is 0 Å². The molecule has 0 aliphatic carbocycles. The number of ether oxygens (including phenoxy) is 1. The minimum atomic E-state index is 0.0876. The molecule has 0 aromatic heterocycles. The Hall–Kier alpha value is 0.270. The normalized spacial score (nSPS) is 42.0. The van der Waals surface area contributed by atoms with Crippen molar-refractivity contribution in [2.75, 3.05) is 18.9 Å². The first-order valence-corrected chi connectivity index (χ1v) is 5.14. The van der Waals surface area contributed by atoms with Gasteiger partial charge < -0.3 is 4.74 Å². The Balaban J connectivity index is 2.07. The molecule has 2 aliphatic heterocycles. The average Bonchev–Trinajstić information content (AvgIpc) is 2.43. The van der Waals surface area contributed by atoms with E-state index in [1.165, 1.54) is 5.75 Å². The van der Waals surface area contributed by atoms with Gasteiger partial charge in [-0.2, -0.15) is 0 Å². The predicted molar refractivity (Wildman–Crippen MR) is 47.8 cm³/mol. The summed E-state index contributed by atoms with van der Waals surface area (Å²) in [6.45, 7) is 6.36. The van der Waals surface area contributed by atoms with Crippen LogP contribution >= 0.6 is 11.8 Å². The van der Waals surface area contributed by atoms with Crippen LogP contribution in [0.5, 0.6) is 0 Å². The van der Waals surface area contributed by atoms with E-state index in [-0.39, 0.29) is 10.5 Å². The van der Waals surface area contributed by atoms with Crippen LogP contribution in [0.15, 0.2) is 0 Å². The summed E-state index contributed by atoms with van der Waals surface area (Å²) >= 11 is 2.02. The molecule has 11 heavy (non-hydrogen) atoms. The van der Waals surface area contributed by atoms with Crippen LogP contribution in [-0.2, 0) is 4.74 Å². The largest absolute Gasteiger partial charge is 0.373 e. The van der Waals surface area contributed by atoms with E-state index < -0.39 is 0 Å². The summed E-state index contributed by atoms with van der Waals surface area (Å²) in [6, 6.07) is 0. The third-order valence-corrected chi connectivity index (χ3v) is 3.70. The molecule has 1 N–H and O–H groups in total. The summed E-state index contributed by atoms with van der Waals surface area (Å²) < 4.78 is 5.69. The fourth-order valence-electron chi connectivity index (χ4n) is 1.88. The highest BCUT2D eigenvalue weighted by Gasteiger charge is 2.46. The molecule has 2 nitrogen and oxygen atoms in total. The number of hydrogen-bond donors (Lipinski definition) is 1. The molecule has 2 rings (SSSR count). The number of rotatable bonds is 0. The molecule has 2 aliphatic rings. The van der Waals surface area contributed by atoms with Gasteiger partial charge in [-0.25, -0.2) is 0 Å².